The normalized spacial score (nSPS) is 11.6. The minimum Gasteiger partial charge on any atom is -0.491 e. The molecule has 0 radical (unpaired) electrons. The summed E-state index contributed by atoms with van der Waals surface area (Å²) in [5.74, 6) is 2.93. The Morgan fingerprint density at radius 1 is 0.743 bits per heavy atom. The first-order valence-corrected chi connectivity index (χ1v) is 12.8. The van der Waals surface area contributed by atoms with Crippen molar-refractivity contribution in [1.29, 1.82) is 0 Å². The summed E-state index contributed by atoms with van der Waals surface area (Å²) in [5.41, 5.74) is 8.74. The molecule has 0 unspecified atom stereocenters. The fourth-order valence-corrected chi connectivity index (χ4v) is 4.95. The molecule has 3 nitrogen and oxygen atoms in total. The van der Waals surface area contributed by atoms with Gasteiger partial charge in [-0.1, -0.05) is 76.2 Å². The van der Waals surface area contributed by atoms with Gasteiger partial charge in [0.05, 0.1) is 18.7 Å². The second-order valence-electron chi connectivity index (χ2n) is 10.3. The lowest BCUT2D eigenvalue weighted by Gasteiger charge is -2.17. The molecule has 35 heavy (non-hydrogen) atoms. The van der Waals surface area contributed by atoms with Gasteiger partial charge in [0.2, 0.25) is 0 Å². The van der Waals surface area contributed by atoms with Crippen molar-refractivity contribution in [1.82, 2.24) is 4.57 Å². The van der Waals surface area contributed by atoms with Crippen LogP contribution < -0.4 is 9.30 Å². The predicted molar refractivity (Wildman–Crippen MR) is 146 cm³/mol. The van der Waals surface area contributed by atoms with Crippen LogP contribution in [0.25, 0.3) is 28.3 Å². The maximum Gasteiger partial charge on any atom is 0.294 e. The molecule has 4 aromatic rings. The van der Waals surface area contributed by atoms with Gasteiger partial charge in [0.1, 0.15) is 17.6 Å². The first kappa shape index (κ1) is 24.8. The summed E-state index contributed by atoms with van der Waals surface area (Å²) < 4.78 is 10.9. The molecular weight excluding hydrogens is 428 g/mol. The summed E-state index contributed by atoms with van der Waals surface area (Å²) in [6.45, 7) is 15.4. The molecule has 3 aromatic carbocycles. The van der Waals surface area contributed by atoms with Crippen LogP contribution in [0.15, 0.2) is 72.9 Å². The number of hydrogen-bond donors (Lipinski definition) is 0. The van der Waals surface area contributed by atoms with Crippen molar-refractivity contribution in [2.45, 2.75) is 66.4 Å². The quantitative estimate of drug-likeness (QED) is 0.252. The van der Waals surface area contributed by atoms with E-state index < -0.39 is 0 Å². The molecule has 1 heterocycles. The second-order valence-corrected chi connectivity index (χ2v) is 10.3. The van der Waals surface area contributed by atoms with Crippen LogP contribution in [0.2, 0.25) is 0 Å². The minimum atomic E-state index is 0.133. The highest BCUT2D eigenvalue weighted by Gasteiger charge is 2.30. The standard InChI is InChI=1S/C32H39N2O/c1-21(2)26-16-12-17-27(22(3)4)31(26)34-20-29(33(8)32(34)25-14-10-9-11-15-25)28-18-13-19-30(24(28)7)35-23(5)6/h9-23H,1-8H3/q+1. The summed E-state index contributed by atoms with van der Waals surface area (Å²) in [5, 5.41) is 0. The minimum absolute atomic E-state index is 0.133. The fraction of sp³-hybridized carbons (Fsp3) is 0.344. The average Bonchev–Trinajstić information content (AvgIpc) is 3.16. The van der Waals surface area contributed by atoms with Crippen LogP contribution in [-0.2, 0) is 7.05 Å². The molecule has 4 rings (SSSR count). The Kier molecular flexibility index (Phi) is 7.16. The van der Waals surface area contributed by atoms with Crippen LogP contribution in [0.4, 0.5) is 0 Å². The Hall–Kier alpha value is -3.33. The zero-order chi connectivity index (χ0) is 25.3. The van der Waals surface area contributed by atoms with E-state index in [1.54, 1.807) is 0 Å². The van der Waals surface area contributed by atoms with Gasteiger partial charge in [-0.2, -0.15) is 4.57 Å². The van der Waals surface area contributed by atoms with Crippen molar-refractivity contribution in [2.75, 3.05) is 0 Å². The van der Waals surface area contributed by atoms with E-state index in [4.69, 9.17) is 4.74 Å². The van der Waals surface area contributed by atoms with Gasteiger partial charge in [-0.15, -0.1) is 0 Å². The number of rotatable bonds is 7. The van der Waals surface area contributed by atoms with E-state index in [-0.39, 0.29) is 6.10 Å². The number of imidazole rings is 1. The third-order valence-electron chi connectivity index (χ3n) is 6.70. The van der Waals surface area contributed by atoms with Crippen LogP contribution >= 0.6 is 0 Å². The number of para-hydroxylation sites is 1. The smallest absolute Gasteiger partial charge is 0.294 e. The van der Waals surface area contributed by atoms with Gasteiger partial charge in [0, 0.05) is 22.3 Å². The van der Waals surface area contributed by atoms with Crippen molar-refractivity contribution >= 4 is 0 Å². The first-order chi connectivity index (χ1) is 16.7. The third-order valence-corrected chi connectivity index (χ3v) is 6.70. The van der Waals surface area contributed by atoms with E-state index >= 15 is 0 Å². The molecule has 1 aromatic heterocycles. The maximum absolute atomic E-state index is 6.14. The Labute approximate surface area is 211 Å². The predicted octanol–water partition coefficient (Wildman–Crippen LogP) is 7.98. The zero-order valence-electron chi connectivity index (χ0n) is 22.5. The van der Waals surface area contributed by atoms with Crippen molar-refractivity contribution in [2.24, 2.45) is 7.05 Å². The molecule has 0 aliphatic heterocycles. The van der Waals surface area contributed by atoms with E-state index in [9.17, 15) is 0 Å². The Balaban J connectivity index is 2.07. The number of hydrogen-bond acceptors (Lipinski definition) is 1. The molecular formula is C32H39N2O+. The second kappa shape index (κ2) is 10.1. The average molecular weight is 468 g/mol. The highest BCUT2D eigenvalue weighted by Crippen LogP contribution is 2.35. The van der Waals surface area contributed by atoms with Gasteiger partial charge < -0.3 is 4.74 Å². The number of ether oxygens (including phenoxy) is 1. The molecule has 182 valence electrons. The van der Waals surface area contributed by atoms with E-state index in [2.05, 4.69) is 138 Å². The molecule has 0 aliphatic rings. The zero-order valence-corrected chi connectivity index (χ0v) is 22.5. The Morgan fingerprint density at radius 3 is 1.91 bits per heavy atom. The number of benzene rings is 3. The van der Waals surface area contributed by atoms with Crippen molar-refractivity contribution in [3.63, 3.8) is 0 Å². The van der Waals surface area contributed by atoms with Crippen LogP contribution in [0.5, 0.6) is 5.75 Å². The molecule has 0 amide bonds. The summed E-state index contributed by atoms with van der Waals surface area (Å²) >= 11 is 0. The van der Waals surface area contributed by atoms with Gasteiger partial charge in [-0.25, -0.2) is 4.57 Å². The number of nitrogens with zero attached hydrogens (tertiary/aromatic N) is 2. The number of aromatic nitrogens is 2. The Morgan fingerprint density at radius 2 is 1.34 bits per heavy atom. The monoisotopic (exact) mass is 467 g/mol. The molecule has 0 bridgehead atoms. The topological polar surface area (TPSA) is 18.0 Å². The molecule has 0 atom stereocenters. The summed E-state index contributed by atoms with van der Waals surface area (Å²) in [6.07, 6.45) is 2.45. The molecule has 3 heteroatoms. The first-order valence-electron chi connectivity index (χ1n) is 12.8. The van der Waals surface area contributed by atoms with Gasteiger partial charge in [0.25, 0.3) is 5.82 Å². The lowest BCUT2D eigenvalue weighted by Crippen LogP contribution is -2.35. The molecule has 0 spiro atoms. The lowest BCUT2D eigenvalue weighted by molar-refractivity contribution is -0.584. The highest BCUT2D eigenvalue weighted by atomic mass is 16.5. The third kappa shape index (κ3) is 4.77. The largest absolute Gasteiger partial charge is 0.491 e. The molecule has 0 fully saturated rings. The van der Waals surface area contributed by atoms with Gasteiger partial charge in [-0.3, -0.25) is 0 Å². The van der Waals surface area contributed by atoms with Crippen LogP contribution in [0.1, 0.15) is 70.1 Å². The molecule has 0 aliphatic carbocycles. The summed E-state index contributed by atoms with van der Waals surface area (Å²) in [4.78, 5) is 0. The van der Waals surface area contributed by atoms with Crippen LogP contribution in [0, 0.1) is 6.92 Å². The van der Waals surface area contributed by atoms with Crippen molar-refractivity contribution in [3.05, 3.63) is 89.6 Å². The van der Waals surface area contributed by atoms with Gasteiger partial charge >= 0.3 is 0 Å². The SMILES string of the molecule is Cc1c(OC(C)C)cccc1-c1c[n+](-c2c(C(C)C)cccc2C(C)C)c(-c2ccccc2)n1C. The summed E-state index contributed by atoms with van der Waals surface area (Å²) in [7, 11) is 2.18. The fourth-order valence-electron chi connectivity index (χ4n) is 4.95. The molecule has 0 N–H and O–H groups in total. The van der Waals surface area contributed by atoms with Gasteiger partial charge in [-0.05, 0) is 50.8 Å². The van der Waals surface area contributed by atoms with Gasteiger partial charge in [0.15, 0.2) is 5.69 Å². The van der Waals surface area contributed by atoms with Crippen molar-refractivity contribution in [3.8, 4) is 34.1 Å². The molecule has 0 saturated heterocycles. The van der Waals surface area contributed by atoms with E-state index in [1.807, 2.05) is 0 Å². The Bertz CT molecular complexity index is 1290. The van der Waals surface area contributed by atoms with Crippen LogP contribution in [-0.4, -0.2) is 10.7 Å². The van der Waals surface area contributed by atoms with Crippen molar-refractivity contribution < 1.29 is 9.30 Å². The molecule has 0 saturated carbocycles. The maximum atomic E-state index is 6.14. The highest BCUT2D eigenvalue weighted by molar-refractivity contribution is 5.69. The van der Waals surface area contributed by atoms with E-state index in [1.165, 1.54) is 39.5 Å². The van der Waals surface area contributed by atoms with E-state index in [0.717, 1.165) is 11.3 Å². The lowest BCUT2D eigenvalue weighted by atomic mass is 9.92. The van der Waals surface area contributed by atoms with E-state index in [0.29, 0.717) is 11.8 Å². The summed E-state index contributed by atoms with van der Waals surface area (Å²) in [6, 6.07) is 23.9. The van der Waals surface area contributed by atoms with Crippen LogP contribution in [0.3, 0.4) is 0 Å².